The first-order valence-corrected chi connectivity index (χ1v) is 14.1. The van der Waals surface area contributed by atoms with Gasteiger partial charge < -0.3 is 19.3 Å². The number of amides is 3. The van der Waals surface area contributed by atoms with Crippen LogP contribution in [0.15, 0.2) is 78.9 Å². The number of esters is 1. The largest absolute Gasteiger partial charge is 0.456 e. The number of likely N-dealkylation sites (tertiary alicyclic amines) is 1. The first-order chi connectivity index (χ1) is 20.7. The molecule has 3 aromatic carbocycles. The lowest BCUT2D eigenvalue weighted by molar-refractivity contribution is -0.152. The number of amidine groups is 1. The summed E-state index contributed by atoms with van der Waals surface area (Å²) in [5, 5.41) is 10.6. The molecule has 3 aromatic rings. The van der Waals surface area contributed by atoms with E-state index in [4.69, 9.17) is 14.9 Å². The lowest BCUT2D eigenvalue weighted by atomic mass is 9.93. The number of hydrogen-bond donors (Lipinski definition) is 2. The highest BCUT2D eigenvalue weighted by Crippen LogP contribution is 2.24. The van der Waals surface area contributed by atoms with Gasteiger partial charge >= 0.3 is 12.1 Å². The van der Waals surface area contributed by atoms with Crippen molar-refractivity contribution in [3.8, 4) is 11.1 Å². The van der Waals surface area contributed by atoms with Gasteiger partial charge in [-0.05, 0) is 47.6 Å². The predicted octanol–water partition coefficient (Wildman–Crippen LogP) is 4.48. The molecule has 0 atom stereocenters. The number of likely N-dealkylation sites (N-methyl/N-ethyl adjacent to an activating group) is 1. The van der Waals surface area contributed by atoms with E-state index < -0.39 is 12.1 Å². The van der Waals surface area contributed by atoms with E-state index in [0.29, 0.717) is 37.1 Å². The summed E-state index contributed by atoms with van der Waals surface area (Å²) >= 11 is 0. The van der Waals surface area contributed by atoms with Crippen molar-refractivity contribution in [1.29, 1.82) is 5.41 Å². The molecule has 1 saturated heterocycles. The zero-order chi connectivity index (χ0) is 30.8. The van der Waals surface area contributed by atoms with Crippen LogP contribution in [0.1, 0.15) is 40.7 Å². The van der Waals surface area contributed by atoms with Gasteiger partial charge in [-0.3, -0.25) is 25.1 Å². The first-order valence-electron chi connectivity index (χ1n) is 14.1. The molecule has 224 valence electrons. The van der Waals surface area contributed by atoms with E-state index in [2.05, 4.69) is 5.32 Å². The van der Waals surface area contributed by atoms with Gasteiger partial charge in [-0.1, -0.05) is 66.7 Å². The fourth-order valence-corrected chi connectivity index (χ4v) is 4.66. The van der Waals surface area contributed by atoms with Gasteiger partial charge in [0.15, 0.2) is 6.61 Å². The quantitative estimate of drug-likeness (QED) is 0.217. The fraction of sp³-hybridized carbons (Fsp3) is 0.303. The Morgan fingerprint density at radius 1 is 0.837 bits per heavy atom. The molecule has 1 heterocycles. The summed E-state index contributed by atoms with van der Waals surface area (Å²) in [6.07, 6.45) is 0.936. The number of hydrogen-bond acceptors (Lipinski definition) is 7. The van der Waals surface area contributed by atoms with Crippen molar-refractivity contribution >= 4 is 29.7 Å². The van der Waals surface area contributed by atoms with Crippen LogP contribution >= 0.6 is 0 Å². The number of ether oxygens (including phenoxy) is 2. The normalized spacial score (nSPS) is 13.1. The monoisotopic (exact) mass is 584 g/mol. The van der Waals surface area contributed by atoms with Gasteiger partial charge in [-0.15, -0.1) is 0 Å². The van der Waals surface area contributed by atoms with Crippen LogP contribution in [-0.2, 0) is 25.7 Å². The summed E-state index contributed by atoms with van der Waals surface area (Å²) < 4.78 is 10.3. The topological polar surface area (TPSA) is 129 Å². The average molecular weight is 585 g/mol. The smallest absolute Gasteiger partial charge is 0.413 e. The van der Waals surface area contributed by atoms with Gasteiger partial charge in [-0.2, -0.15) is 0 Å². The lowest BCUT2D eigenvalue weighted by Gasteiger charge is -2.31. The molecular weight excluding hydrogens is 548 g/mol. The second-order valence-corrected chi connectivity index (χ2v) is 10.6. The van der Waals surface area contributed by atoms with Gasteiger partial charge in [0, 0.05) is 44.7 Å². The summed E-state index contributed by atoms with van der Waals surface area (Å²) in [6.45, 7) is 0.969. The van der Waals surface area contributed by atoms with E-state index in [1.807, 2.05) is 54.6 Å². The Bertz CT molecular complexity index is 1430. The molecular formula is C33H36N4O6. The summed E-state index contributed by atoms with van der Waals surface area (Å²) in [5.41, 5.74) is 3.79. The zero-order valence-electron chi connectivity index (χ0n) is 24.4. The maximum atomic E-state index is 13.1. The molecule has 0 radical (unpaired) electrons. The molecule has 0 unspecified atom stereocenters. The predicted molar refractivity (Wildman–Crippen MR) is 161 cm³/mol. The minimum absolute atomic E-state index is 0.0572. The van der Waals surface area contributed by atoms with Crippen LogP contribution in [0, 0.1) is 11.3 Å². The van der Waals surface area contributed by atoms with E-state index in [1.165, 1.54) is 4.90 Å². The van der Waals surface area contributed by atoms with E-state index in [9.17, 15) is 19.2 Å². The van der Waals surface area contributed by atoms with Crippen molar-refractivity contribution in [2.24, 2.45) is 5.92 Å². The highest BCUT2D eigenvalue weighted by atomic mass is 16.5. The molecule has 0 saturated carbocycles. The van der Waals surface area contributed by atoms with Crippen LogP contribution in [-0.4, -0.2) is 73.3 Å². The third kappa shape index (κ3) is 9.00. The summed E-state index contributed by atoms with van der Waals surface area (Å²) in [4.78, 5) is 52.0. The van der Waals surface area contributed by atoms with Crippen molar-refractivity contribution < 1.29 is 28.7 Å². The molecule has 10 nitrogen and oxygen atoms in total. The first kappa shape index (κ1) is 31.0. The molecule has 1 aliphatic heterocycles. The van der Waals surface area contributed by atoms with Gasteiger partial charge in [0.1, 0.15) is 12.4 Å². The van der Waals surface area contributed by atoms with Gasteiger partial charge in [0.2, 0.25) is 0 Å². The van der Waals surface area contributed by atoms with E-state index in [0.717, 1.165) is 16.7 Å². The molecule has 3 amide bonds. The van der Waals surface area contributed by atoms with Crippen molar-refractivity contribution in [2.75, 3.05) is 33.8 Å². The van der Waals surface area contributed by atoms with Crippen molar-refractivity contribution in [1.82, 2.24) is 15.1 Å². The number of benzene rings is 3. The summed E-state index contributed by atoms with van der Waals surface area (Å²) in [7, 11) is 3.22. The second-order valence-electron chi connectivity index (χ2n) is 10.6. The molecule has 10 heteroatoms. The molecule has 4 rings (SSSR count). The second kappa shape index (κ2) is 14.8. The number of alkyl carbamates (subject to hydrolysis) is 1. The molecule has 2 N–H and O–H groups in total. The molecule has 0 bridgehead atoms. The Kier molecular flexibility index (Phi) is 10.6. The maximum Gasteiger partial charge on any atom is 0.413 e. The molecule has 0 spiro atoms. The van der Waals surface area contributed by atoms with Crippen molar-refractivity contribution in [3.63, 3.8) is 0 Å². The fourth-order valence-electron chi connectivity index (χ4n) is 4.66. The number of nitrogens with one attached hydrogen (secondary N) is 2. The Labute approximate surface area is 251 Å². The van der Waals surface area contributed by atoms with E-state index in [1.54, 1.807) is 43.3 Å². The van der Waals surface area contributed by atoms with Gasteiger partial charge in [0.25, 0.3) is 11.8 Å². The van der Waals surface area contributed by atoms with Crippen molar-refractivity contribution in [2.45, 2.75) is 25.9 Å². The number of carbonyl (C=O) groups is 4. The van der Waals surface area contributed by atoms with Crippen LogP contribution in [0.4, 0.5) is 4.79 Å². The van der Waals surface area contributed by atoms with Crippen LogP contribution in [0.5, 0.6) is 0 Å². The maximum absolute atomic E-state index is 13.1. The molecule has 0 aliphatic carbocycles. The highest BCUT2D eigenvalue weighted by molar-refractivity contribution is 6.04. The third-order valence-electron chi connectivity index (χ3n) is 7.29. The summed E-state index contributed by atoms with van der Waals surface area (Å²) in [6, 6.07) is 23.8. The standard InChI is InChI=1S/C33H36N4O6/c1-36(2)29(38)22-42-30(39)20-23-16-18-37(19-17-23)32(40)28-14-10-26(11-15-28)25-8-12-27(13-9-25)31(34)35-33(41)43-21-24-6-4-3-5-7-24/h3-15,23H,16-22H2,1-2H3,(H2,34,35,41). The molecule has 1 fully saturated rings. The zero-order valence-corrected chi connectivity index (χ0v) is 24.4. The minimum atomic E-state index is -0.696. The van der Waals surface area contributed by atoms with Gasteiger partial charge in [-0.25, -0.2) is 4.79 Å². The SMILES string of the molecule is CN(C)C(=O)COC(=O)CC1CCN(C(=O)c2ccc(-c3ccc(C(=N)NC(=O)OCc4ccccc4)cc3)cc2)CC1. The molecule has 1 aliphatic rings. The van der Waals surface area contributed by atoms with Crippen LogP contribution in [0.2, 0.25) is 0 Å². The Balaban J connectivity index is 1.23. The molecule has 0 aromatic heterocycles. The Morgan fingerprint density at radius 2 is 1.42 bits per heavy atom. The Hall–Kier alpha value is -4.99. The minimum Gasteiger partial charge on any atom is -0.456 e. The average Bonchev–Trinajstić information content (AvgIpc) is 3.03. The van der Waals surface area contributed by atoms with Gasteiger partial charge in [0.05, 0.1) is 0 Å². The number of rotatable bonds is 9. The number of nitrogens with zero attached hydrogens (tertiary/aromatic N) is 2. The van der Waals surface area contributed by atoms with E-state index >= 15 is 0 Å². The van der Waals surface area contributed by atoms with Crippen LogP contribution in [0.3, 0.4) is 0 Å². The summed E-state index contributed by atoms with van der Waals surface area (Å²) in [5.74, 6) is -0.654. The Morgan fingerprint density at radius 3 is 2.00 bits per heavy atom. The number of piperidine rings is 1. The lowest BCUT2D eigenvalue weighted by Crippen LogP contribution is -2.39. The number of carbonyl (C=O) groups excluding carboxylic acids is 4. The third-order valence-corrected chi connectivity index (χ3v) is 7.29. The van der Waals surface area contributed by atoms with E-state index in [-0.39, 0.29) is 43.2 Å². The highest BCUT2D eigenvalue weighted by Gasteiger charge is 2.26. The van der Waals surface area contributed by atoms with Crippen LogP contribution < -0.4 is 5.32 Å². The van der Waals surface area contributed by atoms with Crippen molar-refractivity contribution in [3.05, 3.63) is 95.6 Å². The molecule has 43 heavy (non-hydrogen) atoms. The van der Waals surface area contributed by atoms with Crippen LogP contribution in [0.25, 0.3) is 11.1 Å².